The predicted octanol–water partition coefficient (Wildman–Crippen LogP) is 5.51. The minimum absolute atomic E-state index is 0.0932. The molecule has 0 saturated heterocycles. The van der Waals surface area contributed by atoms with Crippen molar-refractivity contribution >= 4 is 34.0 Å². The summed E-state index contributed by atoms with van der Waals surface area (Å²) in [4.78, 5) is 25.2. The normalized spacial score (nSPS) is 14.9. The first-order valence-electron chi connectivity index (χ1n) is 10.9. The molecule has 3 aromatic carbocycles. The van der Waals surface area contributed by atoms with E-state index >= 15 is 0 Å². The molecule has 0 radical (unpaired) electrons. The second-order valence-corrected chi connectivity index (χ2v) is 8.07. The lowest BCUT2D eigenvalue weighted by Crippen LogP contribution is -2.24. The lowest BCUT2D eigenvalue weighted by Gasteiger charge is -2.20. The van der Waals surface area contributed by atoms with Crippen molar-refractivity contribution in [3.8, 4) is 0 Å². The third kappa shape index (κ3) is 5.00. The number of nitrogens with one attached hydrogen (secondary N) is 2. The average molecular weight is 414 g/mol. The zero-order chi connectivity index (χ0) is 21.6. The van der Waals surface area contributed by atoms with Crippen LogP contribution < -0.4 is 10.7 Å². The number of amides is 2. The lowest BCUT2D eigenvalue weighted by atomic mass is 9.88. The summed E-state index contributed by atoms with van der Waals surface area (Å²) in [6, 6.07) is 21.0. The molecule has 158 valence electrons. The minimum Gasteiger partial charge on any atom is -0.326 e. The maximum Gasteiger partial charge on any atom is 0.272 e. The lowest BCUT2D eigenvalue weighted by molar-refractivity contribution is -0.120. The molecule has 3 aromatic rings. The molecule has 1 aliphatic carbocycles. The van der Waals surface area contributed by atoms with Gasteiger partial charge in [-0.05, 0) is 54.3 Å². The van der Waals surface area contributed by atoms with Gasteiger partial charge >= 0.3 is 0 Å². The van der Waals surface area contributed by atoms with Crippen LogP contribution in [0.5, 0.6) is 0 Å². The zero-order valence-corrected chi connectivity index (χ0v) is 17.7. The van der Waals surface area contributed by atoms with Crippen molar-refractivity contribution in [2.75, 3.05) is 5.32 Å². The number of anilines is 1. The van der Waals surface area contributed by atoms with E-state index in [1.54, 1.807) is 6.07 Å². The fourth-order valence-electron chi connectivity index (χ4n) is 4.11. The van der Waals surface area contributed by atoms with Crippen LogP contribution in [0.25, 0.3) is 10.8 Å². The number of carbonyl (C=O) groups excluding carboxylic acids is 2. The summed E-state index contributed by atoms with van der Waals surface area (Å²) in [5.74, 6) is -0.0549. The maximum atomic E-state index is 12.7. The van der Waals surface area contributed by atoms with Crippen LogP contribution in [0.4, 0.5) is 5.69 Å². The number of benzene rings is 3. The van der Waals surface area contributed by atoms with Crippen molar-refractivity contribution in [2.24, 2.45) is 11.0 Å². The summed E-state index contributed by atoms with van der Waals surface area (Å²) < 4.78 is 0. The van der Waals surface area contributed by atoms with Crippen molar-refractivity contribution in [3.63, 3.8) is 0 Å². The Morgan fingerprint density at radius 3 is 2.48 bits per heavy atom. The van der Waals surface area contributed by atoms with Gasteiger partial charge in [-0.1, -0.05) is 67.8 Å². The molecule has 1 fully saturated rings. The second-order valence-electron chi connectivity index (χ2n) is 8.07. The van der Waals surface area contributed by atoms with Crippen molar-refractivity contribution in [1.82, 2.24) is 5.43 Å². The molecule has 0 spiro atoms. The van der Waals surface area contributed by atoms with Crippen LogP contribution in [-0.2, 0) is 4.79 Å². The Morgan fingerprint density at radius 2 is 1.65 bits per heavy atom. The SMILES string of the molecule is CC(=NNC(=O)c1cccc2ccccc12)c1cccc(NC(=O)C2CCCCC2)c1. The van der Waals surface area contributed by atoms with E-state index in [-0.39, 0.29) is 17.7 Å². The van der Waals surface area contributed by atoms with Gasteiger partial charge in [0.2, 0.25) is 5.91 Å². The van der Waals surface area contributed by atoms with E-state index < -0.39 is 0 Å². The second kappa shape index (κ2) is 9.56. The topological polar surface area (TPSA) is 70.6 Å². The van der Waals surface area contributed by atoms with Crippen molar-refractivity contribution in [2.45, 2.75) is 39.0 Å². The van der Waals surface area contributed by atoms with E-state index in [2.05, 4.69) is 15.8 Å². The van der Waals surface area contributed by atoms with Gasteiger partial charge in [0.1, 0.15) is 0 Å². The molecule has 4 rings (SSSR count). The van der Waals surface area contributed by atoms with Crippen LogP contribution in [0.2, 0.25) is 0 Å². The van der Waals surface area contributed by atoms with Gasteiger partial charge in [0, 0.05) is 17.2 Å². The van der Waals surface area contributed by atoms with Gasteiger partial charge in [0.15, 0.2) is 0 Å². The minimum atomic E-state index is -0.252. The average Bonchev–Trinajstić information content (AvgIpc) is 2.82. The highest BCUT2D eigenvalue weighted by Gasteiger charge is 2.21. The first kappa shape index (κ1) is 20.8. The van der Waals surface area contributed by atoms with Gasteiger partial charge in [-0.15, -0.1) is 0 Å². The van der Waals surface area contributed by atoms with Crippen molar-refractivity contribution in [1.29, 1.82) is 0 Å². The summed E-state index contributed by atoms with van der Waals surface area (Å²) in [6.07, 6.45) is 5.40. The number of fused-ring (bicyclic) bond motifs is 1. The molecule has 5 heteroatoms. The molecule has 0 atom stereocenters. The number of hydrogen-bond donors (Lipinski definition) is 2. The zero-order valence-electron chi connectivity index (χ0n) is 17.7. The Kier molecular flexibility index (Phi) is 6.41. The molecule has 1 saturated carbocycles. The van der Waals surface area contributed by atoms with E-state index in [9.17, 15) is 9.59 Å². The molecule has 0 unspecified atom stereocenters. The smallest absolute Gasteiger partial charge is 0.272 e. The van der Waals surface area contributed by atoms with Crippen LogP contribution in [0.1, 0.15) is 54.9 Å². The number of carbonyl (C=O) groups is 2. The fraction of sp³-hybridized carbons (Fsp3) is 0.269. The van der Waals surface area contributed by atoms with E-state index in [0.29, 0.717) is 11.3 Å². The maximum absolute atomic E-state index is 12.7. The standard InChI is InChI=1S/C26H27N3O2/c1-18(28-29-26(31)24-16-8-12-19-9-5-6-15-23(19)24)21-13-7-14-22(17-21)27-25(30)20-10-3-2-4-11-20/h5-9,12-17,20H,2-4,10-11H2,1H3,(H,27,30)(H,29,31). The molecular formula is C26H27N3O2. The Balaban J connectivity index is 1.45. The van der Waals surface area contributed by atoms with E-state index in [1.807, 2.05) is 67.6 Å². The van der Waals surface area contributed by atoms with Gasteiger partial charge in [0.05, 0.1) is 5.71 Å². The van der Waals surface area contributed by atoms with Crippen molar-refractivity contribution in [3.05, 3.63) is 77.9 Å². The summed E-state index contributed by atoms with van der Waals surface area (Å²) in [5.41, 5.74) is 5.52. The fourth-order valence-corrected chi connectivity index (χ4v) is 4.11. The predicted molar refractivity (Wildman–Crippen MR) is 125 cm³/mol. The van der Waals surface area contributed by atoms with E-state index in [1.165, 1.54) is 6.42 Å². The number of hydrazone groups is 1. The van der Waals surface area contributed by atoms with Crippen molar-refractivity contribution < 1.29 is 9.59 Å². The molecular weight excluding hydrogens is 386 g/mol. The number of hydrogen-bond acceptors (Lipinski definition) is 3. The molecule has 0 heterocycles. The van der Waals surface area contributed by atoms with E-state index in [4.69, 9.17) is 0 Å². The monoisotopic (exact) mass is 413 g/mol. The van der Waals surface area contributed by atoms with Crippen LogP contribution in [0, 0.1) is 5.92 Å². The Hall–Kier alpha value is -3.47. The Labute approximate surface area is 182 Å². The highest BCUT2D eigenvalue weighted by Crippen LogP contribution is 2.25. The summed E-state index contributed by atoms with van der Waals surface area (Å²) in [5, 5.41) is 9.23. The molecule has 0 aliphatic heterocycles. The Morgan fingerprint density at radius 1 is 0.903 bits per heavy atom. The number of nitrogens with zero attached hydrogens (tertiary/aromatic N) is 1. The third-order valence-corrected chi connectivity index (χ3v) is 5.88. The largest absolute Gasteiger partial charge is 0.326 e. The first-order valence-corrected chi connectivity index (χ1v) is 10.9. The van der Waals surface area contributed by atoms with Crippen LogP contribution in [-0.4, -0.2) is 17.5 Å². The Bertz CT molecular complexity index is 1120. The molecule has 5 nitrogen and oxygen atoms in total. The number of rotatable bonds is 5. The summed E-state index contributed by atoms with van der Waals surface area (Å²) in [7, 11) is 0. The molecule has 2 N–H and O–H groups in total. The van der Waals surface area contributed by atoms with Crippen LogP contribution in [0.3, 0.4) is 0 Å². The summed E-state index contributed by atoms with van der Waals surface area (Å²) in [6.45, 7) is 1.84. The van der Waals surface area contributed by atoms with Gasteiger partial charge in [0.25, 0.3) is 5.91 Å². The highest BCUT2D eigenvalue weighted by molar-refractivity contribution is 6.08. The van der Waals surface area contributed by atoms with Gasteiger partial charge < -0.3 is 5.32 Å². The van der Waals surface area contributed by atoms with Crippen LogP contribution >= 0.6 is 0 Å². The molecule has 1 aliphatic rings. The highest BCUT2D eigenvalue weighted by atomic mass is 16.2. The van der Waals surface area contributed by atoms with Gasteiger partial charge in [-0.25, -0.2) is 5.43 Å². The molecule has 31 heavy (non-hydrogen) atoms. The molecule has 0 bridgehead atoms. The van der Waals surface area contributed by atoms with Gasteiger partial charge in [-0.2, -0.15) is 5.10 Å². The molecule has 0 aromatic heterocycles. The summed E-state index contributed by atoms with van der Waals surface area (Å²) >= 11 is 0. The van der Waals surface area contributed by atoms with E-state index in [0.717, 1.165) is 47.7 Å². The third-order valence-electron chi connectivity index (χ3n) is 5.88. The first-order chi connectivity index (χ1) is 15.1. The molecule has 2 amide bonds. The van der Waals surface area contributed by atoms with Gasteiger partial charge in [-0.3, -0.25) is 9.59 Å². The van der Waals surface area contributed by atoms with Crippen LogP contribution in [0.15, 0.2) is 71.8 Å². The quantitative estimate of drug-likeness (QED) is 0.427.